The monoisotopic (exact) mass is 317 g/mol. The van der Waals surface area contributed by atoms with E-state index in [0.717, 1.165) is 6.42 Å². The minimum atomic E-state index is 0.436. The van der Waals surface area contributed by atoms with Gasteiger partial charge in [0.25, 0.3) is 0 Å². The molecule has 3 heteroatoms. The van der Waals surface area contributed by atoms with Gasteiger partial charge in [-0.2, -0.15) is 11.8 Å². The van der Waals surface area contributed by atoms with E-state index in [2.05, 4.69) is 62.2 Å². The van der Waals surface area contributed by atoms with Crippen molar-refractivity contribution in [2.75, 3.05) is 12.8 Å². The van der Waals surface area contributed by atoms with Crippen molar-refractivity contribution in [3.8, 4) is 0 Å². The molecule has 21 heavy (non-hydrogen) atoms. The third-order valence-electron chi connectivity index (χ3n) is 4.27. The van der Waals surface area contributed by atoms with Gasteiger partial charge in [-0.3, -0.25) is 0 Å². The van der Waals surface area contributed by atoms with Crippen LogP contribution >= 0.6 is 23.1 Å². The molecule has 0 saturated heterocycles. The van der Waals surface area contributed by atoms with Crippen molar-refractivity contribution < 1.29 is 0 Å². The van der Waals surface area contributed by atoms with E-state index in [4.69, 9.17) is 0 Å². The van der Waals surface area contributed by atoms with Gasteiger partial charge in [-0.05, 0) is 62.2 Å². The molecule has 1 aromatic heterocycles. The normalized spacial score (nSPS) is 15.8. The molecule has 0 amide bonds. The lowest BCUT2D eigenvalue weighted by molar-refractivity contribution is 0.600. The van der Waals surface area contributed by atoms with Crippen LogP contribution in [0.15, 0.2) is 24.3 Å². The third kappa shape index (κ3) is 3.36. The molecule has 1 atom stereocenters. The van der Waals surface area contributed by atoms with Gasteiger partial charge < -0.3 is 5.32 Å². The molecule has 1 nitrogen and oxygen atoms in total. The number of aryl methyl sites for hydroxylation is 3. The van der Waals surface area contributed by atoms with Gasteiger partial charge in [0, 0.05) is 21.5 Å². The molecule has 0 bridgehead atoms. The first kappa shape index (κ1) is 15.1. The summed E-state index contributed by atoms with van der Waals surface area (Å²) in [6.45, 7) is 4.40. The Labute approximate surface area is 136 Å². The number of nitrogens with one attached hydrogen (secondary N) is 1. The first-order valence-electron chi connectivity index (χ1n) is 7.60. The topological polar surface area (TPSA) is 12.0 Å². The number of fused-ring (bicyclic) bond motifs is 1. The van der Waals surface area contributed by atoms with Gasteiger partial charge in [-0.15, -0.1) is 11.3 Å². The summed E-state index contributed by atoms with van der Waals surface area (Å²) < 4.78 is 0. The fourth-order valence-corrected chi connectivity index (χ4v) is 5.41. The molecule has 0 saturated carbocycles. The highest BCUT2D eigenvalue weighted by molar-refractivity contribution is 7.98. The van der Waals surface area contributed by atoms with Gasteiger partial charge in [0.05, 0.1) is 0 Å². The number of likely N-dealkylation sites (N-methyl/N-ethyl adjacent to an activating group) is 1. The second-order valence-corrected chi connectivity index (χ2v) is 8.15. The molecule has 2 aromatic rings. The van der Waals surface area contributed by atoms with Crippen LogP contribution in [0.3, 0.4) is 0 Å². The van der Waals surface area contributed by atoms with Crippen molar-refractivity contribution in [1.29, 1.82) is 0 Å². The predicted molar refractivity (Wildman–Crippen MR) is 95.6 cm³/mol. The molecule has 1 unspecified atom stereocenters. The zero-order valence-corrected chi connectivity index (χ0v) is 14.7. The number of hydrogen-bond acceptors (Lipinski definition) is 3. The van der Waals surface area contributed by atoms with Gasteiger partial charge in [0.15, 0.2) is 0 Å². The van der Waals surface area contributed by atoms with Crippen molar-refractivity contribution in [3.05, 3.63) is 56.3 Å². The zero-order valence-electron chi connectivity index (χ0n) is 13.0. The molecule has 0 fully saturated rings. The van der Waals surface area contributed by atoms with E-state index in [-0.39, 0.29) is 0 Å². The fraction of sp³-hybridized carbons (Fsp3) is 0.444. The van der Waals surface area contributed by atoms with E-state index in [1.165, 1.54) is 39.5 Å². The summed E-state index contributed by atoms with van der Waals surface area (Å²) in [4.78, 5) is 3.12. The number of hydrogen-bond donors (Lipinski definition) is 1. The standard InChI is InChI=1S/C18H23NS2/c1-12-4-5-13(2)14(8-12)9-16(19-3)18-10-15-11-20-7-6-17(15)21-18/h4-5,8,10,16,19H,6-7,9,11H2,1-3H3. The maximum atomic E-state index is 3.53. The third-order valence-corrected chi connectivity index (χ3v) is 6.63. The second kappa shape index (κ2) is 6.55. The first-order valence-corrected chi connectivity index (χ1v) is 9.57. The van der Waals surface area contributed by atoms with Crippen LogP contribution in [0.25, 0.3) is 0 Å². The van der Waals surface area contributed by atoms with Crippen molar-refractivity contribution >= 4 is 23.1 Å². The van der Waals surface area contributed by atoms with Crippen molar-refractivity contribution in [2.24, 2.45) is 0 Å². The van der Waals surface area contributed by atoms with Crippen molar-refractivity contribution in [1.82, 2.24) is 5.32 Å². The molecule has 1 N–H and O–H groups in total. The molecular weight excluding hydrogens is 294 g/mol. The molecule has 2 heterocycles. The highest BCUT2D eigenvalue weighted by atomic mass is 32.2. The Hall–Kier alpha value is -0.770. The van der Waals surface area contributed by atoms with Gasteiger partial charge >= 0.3 is 0 Å². The molecule has 1 aliphatic heterocycles. The average molecular weight is 318 g/mol. The molecule has 0 aliphatic carbocycles. The first-order chi connectivity index (χ1) is 10.2. The van der Waals surface area contributed by atoms with E-state index in [1.807, 2.05) is 11.3 Å². The van der Waals surface area contributed by atoms with Crippen molar-refractivity contribution in [3.63, 3.8) is 0 Å². The Morgan fingerprint density at radius 2 is 2.10 bits per heavy atom. The lowest BCUT2D eigenvalue weighted by Crippen LogP contribution is -2.18. The predicted octanol–water partition coefficient (Wildman–Crippen LogP) is 4.66. The average Bonchev–Trinajstić information content (AvgIpc) is 2.91. The molecule has 0 spiro atoms. The SMILES string of the molecule is CNC(Cc1cc(C)ccc1C)c1cc2c(s1)CCSC2. The summed E-state index contributed by atoms with van der Waals surface area (Å²) in [6, 6.07) is 9.66. The fourth-order valence-electron chi connectivity index (χ4n) is 2.93. The van der Waals surface area contributed by atoms with Crippen LogP contribution < -0.4 is 5.32 Å². The summed E-state index contributed by atoms with van der Waals surface area (Å²) in [7, 11) is 2.09. The summed E-state index contributed by atoms with van der Waals surface area (Å²) >= 11 is 4.09. The summed E-state index contributed by atoms with van der Waals surface area (Å²) in [5.41, 5.74) is 5.80. The highest BCUT2D eigenvalue weighted by Crippen LogP contribution is 2.35. The Morgan fingerprint density at radius 1 is 1.24 bits per heavy atom. The Bertz CT molecular complexity index is 607. The molecular formula is C18H23NS2. The van der Waals surface area contributed by atoms with Gasteiger partial charge in [0.2, 0.25) is 0 Å². The van der Waals surface area contributed by atoms with Crippen LogP contribution in [0.4, 0.5) is 0 Å². The minimum Gasteiger partial charge on any atom is -0.312 e. The number of thioether (sulfide) groups is 1. The van der Waals surface area contributed by atoms with Crippen LogP contribution in [-0.2, 0) is 18.6 Å². The summed E-state index contributed by atoms with van der Waals surface area (Å²) in [5, 5.41) is 3.53. The van der Waals surface area contributed by atoms with Gasteiger partial charge in [-0.25, -0.2) is 0 Å². The second-order valence-electron chi connectivity index (χ2n) is 5.88. The quantitative estimate of drug-likeness (QED) is 0.880. The lowest BCUT2D eigenvalue weighted by Gasteiger charge is -2.16. The van der Waals surface area contributed by atoms with Crippen LogP contribution in [0.5, 0.6) is 0 Å². The van der Waals surface area contributed by atoms with Gasteiger partial charge in [-0.1, -0.05) is 23.8 Å². The number of thiophene rings is 1. The molecule has 0 radical (unpaired) electrons. The van der Waals surface area contributed by atoms with E-state index in [1.54, 1.807) is 10.4 Å². The van der Waals surface area contributed by atoms with Crippen molar-refractivity contribution in [2.45, 2.75) is 38.5 Å². The molecule has 1 aliphatic rings. The lowest BCUT2D eigenvalue weighted by atomic mass is 9.98. The highest BCUT2D eigenvalue weighted by Gasteiger charge is 2.19. The maximum absolute atomic E-state index is 3.53. The zero-order chi connectivity index (χ0) is 14.8. The summed E-state index contributed by atoms with van der Waals surface area (Å²) in [5.74, 6) is 2.49. The smallest absolute Gasteiger partial charge is 0.0453 e. The summed E-state index contributed by atoms with van der Waals surface area (Å²) in [6.07, 6.45) is 2.33. The Morgan fingerprint density at radius 3 is 2.86 bits per heavy atom. The van der Waals surface area contributed by atoms with Crippen LogP contribution in [0.2, 0.25) is 0 Å². The van der Waals surface area contributed by atoms with E-state index in [0.29, 0.717) is 6.04 Å². The number of benzene rings is 1. The van der Waals surface area contributed by atoms with Crippen LogP contribution in [0.1, 0.15) is 38.0 Å². The van der Waals surface area contributed by atoms with E-state index < -0.39 is 0 Å². The maximum Gasteiger partial charge on any atom is 0.0453 e. The van der Waals surface area contributed by atoms with E-state index in [9.17, 15) is 0 Å². The molecule has 1 aromatic carbocycles. The van der Waals surface area contributed by atoms with Crippen LogP contribution in [-0.4, -0.2) is 12.8 Å². The van der Waals surface area contributed by atoms with Gasteiger partial charge in [0.1, 0.15) is 0 Å². The van der Waals surface area contributed by atoms with E-state index >= 15 is 0 Å². The minimum absolute atomic E-state index is 0.436. The Balaban J connectivity index is 1.84. The number of rotatable bonds is 4. The largest absolute Gasteiger partial charge is 0.312 e. The Kier molecular flexibility index (Phi) is 4.72. The molecule has 112 valence electrons. The van der Waals surface area contributed by atoms with Crippen LogP contribution in [0, 0.1) is 13.8 Å². The molecule has 3 rings (SSSR count).